The molecular weight excluding hydrogens is 236 g/mol. The van der Waals surface area contributed by atoms with Crippen molar-refractivity contribution in [2.75, 3.05) is 32.8 Å². The number of urea groups is 1. The number of nitrogens with one attached hydrogen (secondary N) is 1. The van der Waals surface area contributed by atoms with E-state index in [2.05, 4.69) is 19.2 Å². The van der Waals surface area contributed by atoms with Crippen LogP contribution in [-0.4, -0.2) is 54.9 Å². The summed E-state index contributed by atoms with van der Waals surface area (Å²) >= 11 is 0. The standard InChI is InChI=1S/C12H24N2O4/c1-4-10(3)8-14(5-2)12(17)13-6-7-18-9-11(15)16/h10H,4-9H2,1-3H3,(H,13,17)(H,15,16). The molecule has 1 atom stereocenters. The minimum Gasteiger partial charge on any atom is -0.480 e. The van der Waals surface area contributed by atoms with Crippen molar-refractivity contribution in [2.45, 2.75) is 27.2 Å². The molecule has 0 rings (SSSR count). The van der Waals surface area contributed by atoms with E-state index in [0.29, 0.717) is 19.0 Å². The largest absolute Gasteiger partial charge is 0.480 e. The van der Waals surface area contributed by atoms with Gasteiger partial charge in [-0.25, -0.2) is 9.59 Å². The maximum atomic E-state index is 11.8. The average molecular weight is 260 g/mol. The van der Waals surface area contributed by atoms with Crippen LogP contribution in [0.5, 0.6) is 0 Å². The van der Waals surface area contributed by atoms with E-state index >= 15 is 0 Å². The molecule has 6 nitrogen and oxygen atoms in total. The number of carboxylic acid groups (broad SMARTS) is 1. The number of carbonyl (C=O) groups is 2. The van der Waals surface area contributed by atoms with E-state index in [-0.39, 0.29) is 19.2 Å². The van der Waals surface area contributed by atoms with Crippen LogP contribution in [0.2, 0.25) is 0 Å². The summed E-state index contributed by atoms with van der Waals surface area (Å²) in [5, 5.41) is 11.1. The van der Waals surface area contributed by atoms with Gasteiger partial charge < -0.3 is 20.1 Å². The molecule has 0 fully saturated rings. The molecule has 2 amide bonds. The first-order chi connectivity index (χ1) is 8.51. The second kappa shape index (κ2) is 9.70. The number of hydrogen-bond acceptors (Lipinski definition) is 3. The number of aliphatic carboxylic acids is 1. The van der Waals surface area contributed by atoms with Crippen molar-refractivity contribution < 1.29 is 19.4 Å². The van der Waals surface area contributed by atoms with Crippen LogP contribution in [-0.2, 0) is 9.53 Å². The van der Waals surface area contributed by atoms with Crippen LogP contribution in [0.4, 0.5) is 4.79 Å². The molecule has 0 bridgehead atoms. The highest BCUT2D eigenvalue weighted by Gasteiger charge is 2.13. The number of carboxylic acids is 1. The van der Waals surface area contributed by atoms with E-state index in [1.165, 1.54) is 0 Å². The molecule has 0 aromatic carbocycles. The molecule has 6 heteroatoms. The summed E-state index contributed by atoms with van der Waals surface area (Å²) in [4.78, 5) is 23.7. The van der Waals surface area contributed by atoms with Gasteiger partial charge in [-0.3, -0.25) is 0 Å². The van der Waals surface area contributed by atoms with Crippen LogP contribution in [0.1, 0.15) is 27.2 Å². The number of amides is 2. The van der Waals surface area contributed by atoms with E-state index < -0.39 is 5.97 Å². The van der Waals surface area contributed by atoms with Gasteiger partial charge in [0.05, 0.1) is 6.61 Å². The molecule has 0 radical (unpaired) electrons. The lowest BCUT2D eigenvalue weighted by Gasteiger charge is -2.24. The van der Waals surface area contributed by atoms with Gasteiger partial charge in [-0.15, -0.1) is 0 Å². The first-order valence-electron chi connectivity index (χ1n) is 6.33. The van der Waals surface area contributed by atoms with Crippen LogP contribution in [0.25, 0.3) is 0 Å². The molecule has 106 valence electrons. The van der Waals surface area contributed by atoms with Crippen molar-refractivity contribution in [1.82, 2.24) is 10.2 Å². The van der Waals surface area contributed by atoms with Gasteiger partial charge in [0, 0.05) is 19.6 Å². The van der Waals surface area contributed by atoms with Crippen LogP contribution >= 0.6 is 0 Å². The van der Waals surface area contributed by atoms with Crippen molar-refractivity contribution in [3.63, 3.8) is 0 Å². The van der Waals surface area contributed by atoms with Crippen molar-refractivity contribution >= 4 is 12.0 Å². The number of nitrogens with zero attached hydrogens (tertiary/aromatic N) is 1. The van der Waals surface area contributed by atoms with Gasteiger partial charge in [0.25, 0.3) is 0 Å². The molecule has 0 saturated heterocycles. The van der Waals surface area contributed by atoms with Gasteiger partial charge in [0.2, 0.25) is 0 Å². The lowest BCUT2D eigenvalue weighted by molar-refractivity contribution is -0.142. The van der Waals surface area contributed by atoms with Gasteiger partial charge >= 0.3 is 12.0 Å². The second-order valence-electron chi connectivity index (χ2n) is 4.23. The number of rotatable bonds is 9. The molecular formula is C12H24N2O4. The van der Waals surface area contributed by atoms with Gasteiger partial charge in [-0.1, -0.05) is 20.3 Å². The third-order valence-corrected chi connectivity index (χ3v) is 2.65. The molecule has 0 aliphatic rings. The van der Waals surface area contributed by atoms with E-state index in [1.54, 1.807) is 4.90 Å². The third-order valence-electron chi connectivity index (χ3n) is 2.65. The summed E-state index contributed by atoms with van der Waals surface area (Å²) < 4.78 is 4.83. The summed E-state index contributed by atoms with van der Waals surface area (Å²) in [7, 11) is 0. The quantitative estimate of drug-likeness (QED) is 0.610. The summed E-state index contributed by atoms with van der Waals surface area (Å²) in [5.74, 6) is -0.535. The van der Waals surface area contributed by atoms with E-state index in [0.717, 1.165) is 13.0 Å². The second-order valence-corrected chi connectivity index (χ2v) is 4.23. The fourth-order valence-electron chi connectivity index (χ4n) is 1.36. The topological polar surface area (TPSA) is 78.9 Å². The van der Waals surface area contributed by atoms with E-state index in [1.807, 2.05) is 6.92 Å². The van der Waals surface area contributed by atoms with Crippen LogP contribution in [0.3, 0.4) is 0 Å². The van der Waals surface area contributed by atoms with E-state index in [4.69, 9.17) is 9.84 Å². The molecule has 0 aromatic rings. The molecule has 1 unspecified atom stereocenters. The zero-order chi connectivity index (χ0) is 14.0. The predicted octanol–water partition coefficient (Wildman–Crippen LogP) is 1.17. The summed E-state index contributed by atoms with van der Waals surface area (Å²) in [6.45, 7) is 7.72. The Bertz CT molecular complexity index is 258. The first kappa shape index (κ1) is 16.7. The first-order valence-corrected chi connectivity index (χ1v) is 6.33. The zero-order valence-electron chi connectivity index (χ0n) is 11.4. The third kappa shape index (κ3) is 7.89. The van der Waals surface area contributed by atoms with Gasteiger partial charge in [0.1, 0.15) is 6.61 Å². The molecule has 0 aliphatic carbocycles. The van der Waals surface area contributed by atoms with Gasteiger partial charge in [-0.2, -0.15) is 0 Å². The Balaban J connectivity index is 3.80. The monoisotopic (exact) mass is 260 g/mol. The Morgan fingerprint density at radius 2 is 2.06 bits per heavy atom. The lowest BCUT2D eigenvalue weighted by atomic mass is 10.1. The Labute approximate surface area is 108 Å². The highest BCUT2D eigenvalue weighted by molar-refractivity contribution is 5.74. The predicted molar refractivity (Wildman–Crippen MR) is 68.6 cm³/mol. The van der Waals surface area contributed by atoms with Crippen molar-refractivity contribution in [3.8, 4) is 0 Å². The fourth-order valence-corrected chi connectivity index (χ4v) is 1.36. The lowest BCUT2D eigenvalue weighted by Crippen LogP contribution is -2.43. The van der Waals surface area contributed by atoms with Crippen LogP contribution in [0, 0.1) is 5.92 Å². The smallest absolute Gasteiger partial charge is 0.329 e. The van der Waals surface area contributed by atoms with Crippen molar-refractivity contribution in [3.05, 3.63) is 0 Å². The van der Waals surface area contributed by atoms with E-state index in [9.17, 15) is 9.59 Å². The summed E-state index contributed by atoms with van der Waals surface area (Å²) in [6.07, 6.45) is 1.03. The van der Waals surface area contributed by atoms with Crippen LogP contribution in [0.15, 0.2) is 0 Å². The Morgan fingerprint density at radius 3 is 2.56 bits per heavy atom. The maximum Gasteiger partial charge on any atom is 0.329 e. The SMILES string of the molecule is CCC(C)CN(CC)C(=O)NCCOCC(=O)O. The normalized spacial score (nSPS) is 11.9. The highest BCUT2D eigenvalue weighted by Crippen LogP contribution is 2.04. The molecule has 18 heavy (non-hydrogen) atoms. The highest BCUT2D eigenvalue weighted by atomic mass is 16.5. The molecule has 0 heterocycles. The molecule has 0 aromatic heterocycles. The minimum atomic E-state index is -1.01. The number of ether oxygens (including phenoxy) is 1. The Kier molecular flexibility index (Phi) is 9.00. The number of hydrogen-bond donors (Lipinski definition) is 2. The zero-order valence-corrected chi connectivity index (χ0v) is 11.4. The average Bonchev–Trinajstić information content (AvgIpc) is 2.34. The molecule has 0 saturated carbocycles. The van der Waals surface area contributed by atoms with Gasteiger partial charge in [0.15, 0.2) is 0 Å². The maximum absolute atomic E-state index is 11.8. The number of carbonyl (C=O) groups excluding carboxylic acids is 1. The fraction of sp³-hybridized carbons (Fsp3) is 0.833. The van der Waals surface area contributed by atoms with Crippen molar-refractivity contribution in [2.24, 2.45) is 5.92 Å². The Morgan fingerprint density at radius 1 is 1.39 bits per heavy atom. The minimum absolute atomic E-state index is 0.128. The molecule has 0 aliphatic heterocycles. The van der Waals surface area contributed by atoms with Crippen LogP contribution < -0.4 is 5.32 Å². The molecule has 2 N–H and O–H groups in total. The van der Waals surface area contributed by atoms with Crippen molar-refractivity contribution in [1.29, 1.82) is 0 Å². The summed E-state index contributed by atoms with van der Waals surface area (Å²) in [5.41, 5.74) is 0. The molecule has 0 spiro atoms. The Hall–Kier alpha value is -1.30. The van der Waals surface area contributed by atoms with Gasteiger partial charge in [-0.05, 0) is 12.8 Å². The summed E-state index contributed by atoms with van der Waals surface area (Å²) in [6, 6.07) is -0.128.